The summed E-state index contributed by atoms with van der Waals surface area (Å²) in [4.78, 5) is 27.5. The minimum atomic E-state index is -0.497. The first-order chi connectivity index (χ1) is 13.5. The second-order valence-corrected chi connectivity index (χ2v) is 7.24. The van der Waals surface area contributed by atoms with Crippen molar-refractivity contribution in [2.24, 2.45) is 5.92 Å². The lowest BCUT2D eigenvalue weighted by atomic mass is 9.99. The normalized spacial score (nSPS) is 15.0. The number of anilines is 1. The zero-order valence-corrected chi connectivity index (χ0v) is 15.6. The van der Waals surface area contributed by atoms with E-state index in [1.54, 1.807) is 23.1 Å². The molecule has 0 aliphatic carbocycles. The molecule has 3 aromatic rings. The number of nitrogens with one attached hydrogen (secondary N) is 1. The molecule has 144 valence electrons. The Hall–Kier alpha value is -3.15. The summed E-state index contributed by atoms with van der Waals surface area (Å²) in [5.74, 6) is -0.527. The third-order valence-electron chi connectivity index (χ3n) is 5.19. The minimum Gasteiger partial charge on any atom is -0.449 e. The molecule has 1 N–H and O–H groups in total. The van der Waals surface area contributed by atoms with E-state index in [0.29, 0.717) is 35.7 Å². The van der Waals surface area contributed by atoms with Gasteiger partial charge in [-0.05, 0) is 49.1 Å². The molecule has 4 rings (SSSR count). The molecule has 2 heterocycles. The second-order valence-electron chi connectivity index (χ2n) is 7.24. The number of furan rings is 1. The molecule has 0 unspecified atom stereocenters. The highest BCUT2D eigenvalue weighted by Gasteiger charge is 2.28. The van der Waals surface area contributed by atoms with Crippen LogP contribution in [0.2, 0.25) is 0 Å². The third kappa shape index (κ3) is 3.50. The Morgan fingerprint density at radius 3 is 2.61 bits per heavy atom. The quantitative estimate of drug-likeness (QED) is 0.717. The van der Waals surface area contributed by atoms with Gasteiger partial charge in [0, 0.05) is 24.0 Å². The molecule has 1 aliphatic heterocycles. The summed E-state index contributed by atoms with van der Waals surface area (Å²) in [6.45, 7) is 3.50. The lowest BCUT2D eigenvalue weighted by molar-refractivity contribution is 0.0669. The van der Waals surface area contributed by atoms with Crippen molar-refractivity contribution >= 4 is 28.5 Å². The van der Waals surface area contributed by atoms with Crippen molar-refractivity contribution in [2.45, 2.75) is 19.8 Å². The van der Waals surface area contributed by atoms with Gasteiger partial charge in [0.2, 0.25) is 5.76 Å². The number of hydrogen-bond acceptors (Lipinski definition) is 3. The van der Waals surface area contributed by atoms with Crippen molar-refractivity contribution in [1.29, 1.82) is 0 Å². The lowest BCUT2D eigenvalue weighted by Gasteiger charge is -2.29. The summed E-state index contributed by atoms with van der Waals surface area (Å²) < 4.78 is 19.3. The van der Waals surface area contributed by atoms with Crippen LogP contribution in [0.3, 0.4) is 0 Å². The van der Waals surface area contributed by atoms with Gasteiger partial charge in [0.15, 0.2) is 0 Å². The third-order valence-corrected chi connectivity index (χ3v) is 5.19. The molecule has 1 aliphatic rings. The number of nitrogens with zero attached hydrogens (tertiary/aromatic N) is 1. The zero-order chi connectivity index (χ0) is 19.7. The molecule has 0 radical (unpaired) electrons. The number of carbonyl (C=O) groups is 2. The highest BCUT2D eigenvalue weighted by Crippen LogP contribution is 2.33. The topological polar surface area (TPSA) is 62.6 Å². The van der Waals surface area contributed by atoms with Gasteiger partial charge in [-0.15, -0.1) is 0 Å². The lowest BCUT2D eigenvalue weighted by Crippen LogP contribution is -2.38. The van der Waals surface area contributed by atoms with Crippen LogP contribution in [0.5, 0.6) is 0 Å². The number of para-hydroxylation sites is 1. The number of rotatable bonds is 3. The van der Waals surface area contributed by atoms with Gasteiger partial charge in [-0.3, -0.25) is 9.59 Å². The summed E-state index contributed by atoms with van der Waals surface area (Å²) in [7, 11) is 0. The van der Waals surface area contributed by atoms with Gasteiger partial charge in [0.25, 0.3) is 11.8 Å². The first-order valence-corrected chi connectivity index (χ1v) is 9.40. The molecule has 5 nitrogen and oxygen atoms in total. The predicted molar refractivity (Wildman–Crippen MR) is 105 cm³/mol. The molecule has 0 atom stereocenters. The van der Waals surface area contributed by atoms with Crippen molar-refractivity contribution < 1.29 is 18.4 Å². The van der Waals surface area contributed by atoms with Crippen LogP contribution >= 0.6 is 0 Å². The van der Waals surface area contributed by atoms with Crippen molar-refractivity contribution in [3.8, 4) is 0 Å². The number of fused-ring (bicyclic) bond motifs is 1. The molecular weight excluding hydrogens is 359 g/mol. The van der Waals surface area contributed by atoms with Crippen LogP contribution in [-0.2, 0) is 0 Å². The number of amides is 2. The van der Waals surface area contributed by atoms with E-state index in [2.05, 4.69) is 12.2 Å². The maximum atomic E-state index is 13.5. The smallest absolute Gasteiger partial charge is 0.291 e. The number of benzene rings is 2. The van der Waals surface area contributed by atoms with E-state index in [-0.39, 0.29) is 17.2 Å². The Bertz CT molecular complexity index is 1040. The molecule has 0 spiro atoms. The SMILES string of the molecule is CC1CCN(C(=O)c2oc3ccccc3c2NC(=O)c2cccc(F)c2)CC1. The van der Waals surface area contributed by atoms with E-state index in [0.717, 1.165) is 18.9 Å². The number of likely N-dealkylation sites (tertiary alicyclic amines) is 1. The van der Waals surface area contributed by atoms with Gasteiger partial charge in [0.1, 0.15) is 17.1 Å². The fourth-order valence-corrected chi connectivity index (χ4v) is 3.49. The molecular formula is C22H21FN2O3. The van der Waals surface area contributed by atoms with Crippen LogP contribution in [0.1, 0.15) is 40.7 Å². The number of carbonyl (C=O) groups excluding carboxylic acids is 2. The summed E-state index contributed by atoms with van der Waals surface area (Å²) in [5, 5.41) is 3.40. The van der Waals surface area contributed by atoms with Crippen LogP contribution in [0.25, 0.3) is 11.0 Å². The van der Waals surface area contributed by atoms with E-state index in [1.165, 1.54) is 18.2 Å². The van der Waals surface area contributed by atoms with Gasteiger partial charge < -0.3 is 14.6 Å². The van der Waals surface area contributed by atoms with Crippen LogP contribution in [0, 0.1) is 11.7 Å². The Kier molecular flexibility index (Phi) is 4.86. The molecule has 2 amide bonds. The van der Waals surface area contributed by atoms with Crippen LogP contribution < -0.4 is 5.32 Å². The van der Waals surface area contributed by atoms with Crippen molar-refractivity contribution in [2.75, 3.05) is 18.4 Å². The molecule has 2 aromatic carbocycles. The number of hydrogen-bond donors (Lipinski definition) is 1. The molecule has 1 fully saturated rings. The minimum absolute atomic E-state index is 0.112. The summed E-state index contributed by atoms with van der Waals surface area (Å²) in [5.41, 5.74) is 1.02. The van der Waals surface area contributed by atoms with E-state index in [1.807, 2.05) is 6.07 Å². The van der Waals surface area contributed by atoms with Crippen molar-refractivity contribution in [1.82, 2.24) is 4.90 Å². The van der Waals surface area contributed by atoms with Crippen LogP contribution in [0.4, 0.5) is 10.1 Å². The maximum absolute atomic E-state index is 13.5. The Morgan fingerprint density at radius 2 is 1.86 bits per heavy atom. The van der Waals surface area contributed by atoms with Gasteiger partial charge >= 0.3 is 0 Å². The van der Waals surface area contributed by atoms with Gasteiger partial charge in [-0.25, -0.2) is 4.39 Å². The van der Waals surface area contributed by atoms with E-state index >= 15 is 0 Å². The van der Waals surface area contributed by atoms with Gasteiger partial charge in [-0.1, -0.05) is 25.1 Å². The molecule has 1 saturated heterocycles. The fraction of sp³-hybridized carbons (Fsp3) is 0.273. The predicted octanol–water partition coefficient (Wildman–Crippen LogP) is 4.70. The molecule has 0 saturated carbocycles. The monoisotopic (exact) mass is 380 g/mol. The van der Waals surface area contributed by atoms with E-state index < -0.39 is 11.7 Å². The second kappa shape index (κ2) is 7.46. The van der Waals surface area contributed by atoms with Crippen molar-refractivity contribution in [3.05, 3.63) is 65.7 Å². The molecule has 28 heavy (non-hydrogen) atoms. The standard InChI is InChI=1S/C22H21FN2O3/c1-14-9-11-25(12-10-14)22(27)20-19(17-7-2-3-8-18(17)28-20)24-21(26)15-5-4-6-16(23)13-15/h2-8,13-14H,9-12H2,1H3,(H,24,26). The average Bonchev–Trinajstić information content (AvgIpc) is 3.06. The van der Waals surface area contributed by atoms with E-state index in [4.69, 9.17) is 4.42 Å². The summed E-state index contributed by atoms with van der Waals surface area (Å²) >= 11 is 0. The Morgan fingerprint density at radius 1 is 1.11 bits per heavy atom. The largest absolute Gasteiger partial charge is 0.449 e. The van der Waals surface area contributed by atoms with Crippen molar-refractivity contribution in [3.63, 3.8) is 0 Å². The van der Waals surface area contributed by atoms with Gasteiger partial charge in [0.05, 0.1) is 0 Å². The molecule has 1 aromatic heterocycles. The molecule has 0 bridgehead atoms. The van der Waals surface area contributed by atoms with Gasteiger partial charge in [-0.2, -0.15) is 0 Å². The fourth-order valence-electron chi connectivity index (χ4n) is 3.49. The number of halogens is 1. The summed E-state index contributed by atoms with van der Waals surface area (Å²) in [6.07, 6.45) is 1.88. The highest BCUT2D eigenvalue weighted by molar-refractivity contribution is 6.14. The Labute approximate surface area is 162 Å². The summed E-state index contributed by atoms with van der Waals surface area (Å²) in [6, 6.07) is 12.6. The zero-order valence-electron chi connectivity index (χ0n) is 15.6. The average molecular weight is 380 g/mol. The Balaban J connectivity index is 1.69. The highest BCUT2D eigenvalue weighted by atomic mass is 19.1. The first-order valence-electron chi connectivity index (χ1n) is 9.40. The first kappa shape index (κ1) is 18.2. The van der Waals surface area contributed by atoms with Crippen LogP contribution in [-0.4, -0.2) is 29.8 Å². The number of piperidine rings is 1. The van der Waals surface area contributed by atoms with Crippen LogP contribution in [0.15, 0.2) is 52.9 Å². The molecule has 6 heteroatoms. The van der Waals surface area contributed by atoms with E-state index in [9.17, 15) is 14.0 Å². The maximum Gasteiger partial charge on any atom is 0.291 e.